The van der Waals surface area contributed by atoms with Crippen LogP contribution >= 0.6 is 0 Å². The topological polar surface area (TPSA) is 23.5 Å². The molecule has 1 N–H and O–H groups in total. The number of hydrogen-bond acceptors (Lipinski definition) is 2. The van der Waals surface area contributed by atoms with Gasteiger partial charge in [-0.15, -0.1) is 0 Å². The van der Waals surface area contributed by atoms with Crippen LogP contribution in [0.15, 0.2) is 18.2 Å². The summed E-state index contributed by atoms with van der Waals surface area (Å²) in [7, 11) is 0. The molecule has 3 atom stereocenters. The molecule has 0 aromatic heterocycles. The number of likely N-dealkylation sites (tertiary alicyclic amines) is 1. The third-order valence-corrected chi connectivity index (χ3v) is 6.10. The van der Waals surface area contributed by atoms with Crippen molar-refractivity contribution in [3.63, 3.8) is 0 Å². The second-order valence-corrected chi connectivity index (χ2v) is 7.28. The van der Waals surface area contributed by atoms with Crippen LogP contribution in [-0.2, 0) is 6.42 Å². The highest BCUT2D eigenvalue weighted by Crippen LogP contribution is 2.43. The maximum atomic E-state index is 9.76. The van der Waals surface area contributed by atoms with Crippen LogP contribution in [0, 0.1) is 5.92 Å². The highest BCUT2D eigenvalue weighted by atomic mass is 16.3. The third-order valence-electron chi connectivity index (χ3n) is 6.10. The van der Waals surface area contributed by atoms with Crippen molar-refractivity contribution in [3.05, 3.63) is 29.3 Å². The number of phenolic OH excluding ortho intramolecular Hbond substituents is 1. The lowest BCUT2D eigenvalue weighted by molar-refractivity contribution is 0.0190. The zero-order valence-electron chi connectivity index (χ0n) is 12.9. The predicted molar refractivity (Wildman–Crippen MR) is 85.5 cm³/mol. The molecule has 3 aliphatic rings. The minimum absolute atomic E-state index is 0.434. The van der Waals surface area contributed by atoms with Gasteiger partial charge in [0.15, 0.2) is 0 Å². The normalized spacial score (nSPS) is 33.2. The highest BCUT2D eigenvalue weighted by Gasteiger charge is 2.38. The Morgan fingerprint density at radius 3 is 2.76 bits per heavy atom. The second kappa shape index (κ2) is 5.64. The largest absolute Gasteiger partial charge is 0.508 e. The van der Waals surface area contributed by atoms with Crippen LogP contribution in [0.3, 0.4) is 0 Å². The lowest BCUT2D eigenvalue weighted by Gasteiger charge is -2.49. The molecule has 2 heteroatoms. The number of nitrogens with zero attached hydrogens (tertiary/aromatic N) is 1. The van der Waals surface area contributed by atoms with Gasteiger partial charge in [0.05, 0.1) is 0 Å². The van der Waals surface area contributed by atoms with Gasteiger partial charge < -0.3 is 5.11 Å². The molecule has 3 unspecified atom stereocenters. The standard InChI is InChI=1S/C19H27NO/c21-16-10-11-17-15(13-16)6-3-9-19(17)20-12-4-7-14-5-1-2-8-18(14)20/h10-11,13-14,18-19,21H,1-9,12H2. The molecule has 1 aromatic carbocycles. The number of benzene rings is 1. The predicted octanol–water partition coefficient (Wildman–Crippen LogP) is 4.42. The van der Waals surface area contributed by atoms with Crippen LogP contribution in [0.5, 0.6) is 5.75 Å². The van der Waals surface area contributed by atoms with Gasteiger partial charge in [0.2, 0.25) is 0 Å². The number of fused-ring (bicyclic) bond motifs is 2. The summed E-state index contributed by atoms with van der Waals surface area (Å²) >= 11 is 0. The Hall–Kier alpha value is -1.02. The molecule has 2 aliphatic carbocycles. The van der Waals surface area contributed by atoms with E-state index in [4.69, 9.17) is 0 Å². The summed E-state index contributed by atoms with van der Waals surface area (Å²) in [6, 6.07) is 7.53. The first-order valence-corrected chi connectivity index (χ1v) is 8.90. The fourth-order valence-electron chi connectivity index (χ4n) is 5.17. The Morgan fingerprint density at radius 2 is 1.81 bits per heavy atom. The van der Waals surface area contributed by atoms with E-state index in [-0.39, 0.29) is 0 Å². The Kier molecular flexibility index (Phi) is 3.66. The lowest BCUT2D eigenvalue weighted by Crippen LogP contribution is -2.48. The van der Waals surface area contributed by atoms with Gasteiger partial charge in [-0.3, -0.25) is 4.90 Å². The maximum Gasteiger partial charge on any atom is 0.115 e. The van der Waals surface area contributed by atoms with E-state index in [1.54, 1.807) is 0 Å². The van der Waals surface area contributed by atoms with Crippen molar-refractivity contribution >= 4 is 0 Å². The van der Waals surface area contributed by atoms with Crippen LogP contribution in [-0.4, -0.2) is 22.6 Å². The Labute approximate surface area is 128 Å². The molecule has 1 aliphatic heterocycles. The van der Waals surface area contributed by atoms with Crippen molar-refractivity contribution in [1.29, 1.82) is 0 Å². The molecule has 21 heavy (non-hydrogen) atoms. The Bertz CT molecular complexity index is 510. The van der Waals surface area contributed by atoms with Gasteiger partial charge in [0.1, 0.15) is 5.75 Å². The van der Waals surface area contributed by atoms with Crippen molar-refractivity contribution < 1.29 is 5.11 Å². The fraction of sp³-hybridized carbons (Fsp3) is 0.684. The van der Waals surface area contributed by atoms with E-state index in [0.29, 0.717) is 11.8 Å². The van der Waals surface area contributed by atoms with E-state index in [1.807, 2.05) is 12.1 Å². The smallest absolute Gasteiger partial charge is 0.115 e. The molecule has 4 rings (SSSR count). The molecule has 2 fully saturated rings. The number of piperidine rings is 1. The average molecular weight is 285 g/mol. The Morgan fingerprint density at radius 1 is 0.952 bits per heavy atom. The first kappa shape index (κ1) is 13.6. The Balaban J connectivity index is 1.64. The average Bonchev–Trinajstić information content (AvgIpc) is 2.53. The molecule has 0 bridgehead atoms. The number of aromatic hydroxyl groups is 1. The van der Waals surface area contributed by atoms with Gasteiger partial charge in [-0.2, -0.15) is 0 Å². The number of hydrogen-bond donors (Lipinski definition) is 1. The van der Waals surface area contributed by atoms with Crippen LogP contribution in [0.4, 0.5) is 0 Å². The molecule has 0 spiro atoms. The minimum Gasteiger partial charge on any atom is -0.508 e. The van der Waals surface area contributed by atoms with Crippen molar-refractivity contribution in [2.24, 2.45) is 5.92 Å². The van der Waals surface area contributed by atoms with E-state index >= 15 is 0 Å². The molecule has 114 valence electrons. The number of rotatable bonds is 1. The second-order valence-electron chi connectivity index (χ2n) is 7.28. The molecular formula is C19H27NO. The van der Waals surface area contributed by atoms with E-state index in [9.17, 15) is 5.11 Å². The minimum atomic E-state index is 0.434. The van der Waals surface area contributed by atoms with Gasteiger partial charge >= 0.3 is 0 Å². The first-order valence-electron chi connectivity index (χ1n) is 8.90. The maximum absolute atomic E-state index is 9.76. The number of phenols is 1. The SMILES string of the molecule is Oc1ccc2c(c1)CCCC2N1CCCC2CCCCC21. The molecule has 0 radical (unpaired) electrons. The number of aryl methyl sites for hydroxylation is 1. The summed E-state index contributed by atoms with van der Waals surface area (Å²) in [5.74, 6) is 1.39. The van der Waals surface area contributed by atoms with Crippen molar-refractivity contribution in [2.45, 2.75) is 69.9 Å². The summed E-state index contributed by atoms with van der Waals surface area (Å²) in [6.45, 7) is 1.28. The van der Waals surface area contributed by atoms with Crippen molar-refractivity contribution in [2.75, 3.05) is 6.54 Å². The van der Waals surface area contributed by atoms with E-state index in [1.165, 1.54) is 69.0 Å². The lowest BCUT2D eigenvalue weighted by atomic mass is 9.76. The summed E-state index contributed by atoms with van der Waals surface area (Å²) in [6.07, 6.45) is 12.3. The summed E-state index contributed by atoms with van der Waals surface area (Å²) in [5.41, 5.74) is 2.90. The van der Waals surface area contributed by atoms with Crippen molar-refractivity contribution in [3.8, 4) is 5.75 Å². The fourth-order valence-corrected chi connectivity index (χ4v) is 5.17. The van der Waals surface area contributed by atoms with Crippen LogP contribution in [0.25, 0.3) is 0 Å². The molecule has 0 amide bonds. The van der Waals surface area contributed by atoms with Gasteiger partial charge in [0.25, 0.3) is 0 Å². The molecule has 1 heterocycles. The highest BCUT2D eigenvalue weighted by molar-refractivity contribution is 5.38. The summed E-state index contributed by atoms with van der Waals surface area (Å²) < 4.78 is 0. The quantitative estimate of drug-likeness (QED) is 0.825. The zero-order chi connectivity index (χ0) is 14.2. The third kappa shape index (κ3) is 2.48. The zero-order valence-corrected chi connectivity index (χ0v) is 12.9. The first-order chi connectivity index (χ1) is 10.3. The van der Waals surface area contributed by atoms with Gasteiger partial charge in [-0.1, -0.05) is 18.9 Å². The van der Waals surface area contributed by atoms with Crippen LogP contribution < -0.4 is 0 Å². The van der Waals surface area contributed by atoms with Crippen molar-refractivity contribution in [1.82, 2.24) is 4.90 Å². The molecule has 1 saturated heterocycles. The molecule has 1 aromatic rings. The molecule has 2 nitrogen and oxygen atoms in total. The molecular weight excluding hydrogens is 258 g/mol. The van der Waals surface area contributed by atoms with E-state index in [0.717, 1.165) is 18.4 Å². The van der Waals surface area contributed by atoms with Gasteiger partial charge in [0, 0.05) is 12.1 Å². The van der Waals surface area contributed by atoms with Crippen LogP contribution in [0.1, 0.15) is 68.5 Å². The summed E-state index contributed by atoms with van der Waals surface area (Å²) in [5, 5.41) is 9.76. The summed E-state index contributed by atoms with van der Waals surface area (Å²) in [4.78, 5) is 2.85. The van der Waals surface area contributed by atoms with Crippen LogP contribution in [0.2, 0.25) is 0 Å². The molecule has 1 saturated carbocycles. The van der Waals surface area contributed by atoms with Gasteiger partial charge in [-0.25, -0.2) is 0 Å². The van der Waals surface area contributed by atoms with E-state index in [2.05, 4.69) is 11.0 Å². The van der Waals surface area contributed by atoms with E-state index < -0.39 is 0 Å². The van der Waals surface area contributed by atoms with Gasteiger partial charge in [-0.05, 0) is 80.7 Å². The monoisotopic (exact) mass is 285 g/mol.